The Bertz CT molecular complexity index is 1210. The lowest BCUT2D eigenvalue weighted by molar-refractivity contribution is -0.118. The Labute approximate surface area is 196 Å². The molecule has 5 nitrogen and oxygen atoms in total. The van der Waals surface area contributed by atoms with Gasteiger partial charge in [-0.1, -0.05) is 36.5 Å². The van der Waals surface area contributed by atoms with Crippen LogP contribution in [0.4, 0.5) is 5.13 Å². The van der Waals surface area contributed by atoms with Crippen molar-refractivity contribution in [2.24, 2.45) is 0 Å². The second kappa shape index (κ2) is 10.1. The average molecular weight is 464 g/mol. The van der Waals surface area contributed by atoms with E-state index in [2.05, 4.69) is 31.0 Å². The first-order valence-corrected chi connectivity index (χ1v) is 12.2. The Hall–Kier alpha value is -2.90. The van der Waals surface area contributed by atoms with Crippen molar-refractivity contribution in [3.8, 4) is 5.75 Å². The van der Waals surface area contributed by atoms with Crippen LogP contribution in [0.1, 0.15) is 23.6 Å². The highest BCUT2D eigenvalue weighted by atomic mass is 32.2. The monoisotopic (exact) mass is 463 g/mol. The zero-order chi connectivity index (χ0) is 22.5. The smallest absolute Gasteiger partial charge is 0.233 e. The van der Waals surface area contributed by atoms with Crippen LogP contribution in [0.2, 0.25) is 0 Å². The normalized spacial score (nSPS) is 11.0. The lowest BCUT2D eigenvalue weighted by Crippen LogP contribution is -2.31. The summed E-state index contributed by atoms with van der Waals surface area (Å²) in [7, 11) is 1.64. The van der Waals surface area contributed by atoms with Gasteiger partial charge in [-0.15, -0.1) is 11.8 Å². The first kappa shape index (κ1) is 22.3. The number of hydrogen-bond donors (Lipinski definition) is 0. The molecular formula is C25H25N3O2S2. The fourth-order valence-corrected chi connectivity index (χ4v) is 5.18. The summed E-state index contributed by atoms with van der Waals surface area (Å²) in [5.41, 5.74) is 3.90. The molecule has 0 saturated carbocycles. The van der Waals surface area contributed by atoms with Crippen LogP contribution in [0, 0.1) is 6.92 Å². The Kier molecular flexibility index (Phi) is 7.07. The number of aromatic nitrogens is 2. The molecule has 0 aliphatic rings. The van der Waals surface area contributed by atoms with Crippen LogP contribution in [0.25, 0.3) is 10.2 Å². The predicted octanol–water partition coefficient (Wildman–Crippen LogP) is 5.90. The van der Waals surface area contributed by atoms with Gasteiger partial charge in [0.25, 0.3) is 0 Å². The minimum Gasteiger partial charge on any atom is -0.494 e. The predicted molar refractivity (Wildman–Crippen MR) is 133 cm³/mol. The molecule has 164 valence electrons. The number of methoxy groups -OCH3 is 1. The standard InChI is InChI=1S/C25H25N3O2S2/c1-4-31-20-8-6-18(7-9-20)15-22(29)28(16-19-11-13-26-14-12-19)25-27-23-21(30-3)10-5-17(2)24(23)32-25/h5-14H,4,15-16H2,1-3H3. The van der Waals surface area contributed by atoms with Gasteiger partial charge < -0.3 is 4.74 Å². The molecule has 0 saturated heterocycles. The molecule has 0 N–H and O–H groups in total. The summed E-state index contributed by atoms with van der Waals surface area (Å²) in [4.78, 5) is 25.4. The average Bonchev–Trinajstić information content (AvgIpc) is 3.26. The summed E-state index contributed by atoms with van der Waals surface area (Å²) in [6.45, 7) is 4.62. The molecule has 4 aromatic rings. The van der Waals surface area contributed by atoms with Gasteiger partial charge in [-0.25, -0.2) is 4.98 Å². The van der Waals surface area contributed by atoms with Crippen LogP contribution in [-0.4, -0.2) is 28.7 Å². The first-order valence-electron chi connectivity index (χ1n) is 10.4. The molecule has 0 radical (unpaired) electrons. The molecule has 32 heavy (non-hydrogen) atoms. The van der Waals surface area contributed by atoms with Gasteiger partial charge in [0.05, 0.1) is 24.8 Å². The van der Waals surface area contributed by atoms with Crippen LogP contribution >= 0.6 is 23.1 Å². The molecule has 2 aromatic carbocycles. The number of anilines is 1. The molecular weight excluding hydrogens is 438 g/mol. The summed E-state index contributed by atoms with van der Waals surface area (Å²) in [5.74, 6) is 1.75. The number of fused-ring (bicyclic) bond motifs is 1. The van der Waals surface area contributed by atoms with Gasteiger partial charge in [0.1, 0.15) is 11.3 Å². The number of amides is 1. The molecule has 1 amide bonds. The number of aryl methyl sites for hydroxylation is 1. The number of pyridine rings is 1. The molecule has 0 atom stereocenters. The van der Waals surface area contributed by atoms with Gasteiger partial charge in [-0.2, -0.15) is 0 Å². The van der Waals surface area contributed by atoms with E-state index in [1.54, 1.807) is 36.2 Å². The van der Waals surface area contributed by atoms with Gasteiger partial charge >= 0.3 is 0 Å². The van der Waals surface area contributed by atoms with Crippen molar-refractivity contribution in [1.29, 1.82) is 0 Å². The van der Waals surface area contributed by atoms with Gasteiger partial charge in [0.15, 0.2) is 5.13 Å². The quantitative estimate of drug-likeness (QED) is 0.305. The fraction of sp³-hybridized carbons (Fsp3) is 0.240. The molecule has 2 heterocycles. The fourth-order valence-electron chi connectivity index (χ4n) is 3.45. The molecule has 0 aliphatic heterocycles. The molecule has 7 heteroatoms. The number of nitrogens with zero attached hydrogens (tertiary/aromatic N) is 3. The van der Waals surface area contributed by atoms with E-state index in [1.807, 2.05) is 36.4 Å². The van der Waals surface area contributed by atoms with E-state index in [9.17, 15) is 4.79 Å². The summed E-state index contributed by atoms with van der Waals surface area (Å²) < 4.78 is 6.55. The SMILES string of the molecule is CCSc1ccc(CC(=O)N(Cc2ccncc2)c2nc3c(OC)ccc(C)c3s2)cc1. The van der Waals surface area contributed by atoms with E-state index in [0.29, 0.717) is 23.8 Å². The minimum absolute atomic E-state index is 0.00776. The van der Waals surface area contributed by atoms with E-state index < -0.39 is 0 Å². The largest absolute Gasteiger partial charge is 0.494 e. The van der Waals surface area contributed by atoms with E-state index in [4.69, 9.17) is 9.72 Å². The highest BCUT2D eigenvalue weighted by Gasteiger charge is 2.22. The van der Waals surface area contributed by atoms with Crippen LogP contribution in [0.3, 0.4) is 0 Å². The first-order chi connectivity index (χ1) is 15.6. The second-order valence-corrected chi connectivity index (χ2v) is 9.66. The molecule has 2 aromatic heterocycles. The van der Waals surface area contributed by atoms with Crippen molar-refractivity contribution < 1.29 is 9.53 Å². The molecule has 4 rings (SSSR count). The van der Waals surface area contributed by atoms with Crippen molar-refractivity contribution in [3.63, 3.8) is 0 Å². The van der Waals surface area contributed by atoms with Crippen molar-refractivity contribution in [3.05, 3.63) is 77.6 Å². The zero-order valence-corrected chi connectivity index (χ0v) is 20.0. The molecule has 0 fully saturated rings. The Morgan fingerprint density at radius 1 is 1.06 bits per heavy atom. The van der Waals surface area contributed by atoms with E-state index >= 15 is 0 Å². The minimum atomic E-state index is 0.00776. The number of ether oxygens (including phenoxy) is 1. The highest BCUT2D eigenvalue weighted by molar-refractivity contribution is 7.99. The van der Waals surface area contributed by atoms with Crippen molar-refractivity contribution in [2.45, 2.75) is 31.7 Å². The highest BCUT2D eigenvalue weighted by Crippen LogP contribution is 2.37. The Morgan fingerprint density at radius 3 is 2.50 bits per heavy atom. The number of thiazole rings is 1. The number of carbonyl (C=O) groups is 1. The molecule has 0 aliphatic carbocycles. The maximum atomic E-state index is 13.5. The third-order valence-corrected chi connectivity index (χ3v) is 7.23. The number of benzene rings is 2. The third kappa shape index (κ3) is 4.95. The van der Waals surface area contributed by atoms with Crippen LogP contribution in [0.15, 0.2) is 65.8 Å². The maximum absolute atomic E-state index is 13.5. The lowest BCUT2D eigenvalue weighted by atomic mass is 10.1. The summed E-state index contributed by atoms with van der Waals surface area (Å²) in [5, 5.41) is 0.674. The lowest BCUT2D eigenvalue weighted by Gasteiger charge is -2.20. The van der Waals surface area contributed by atoms with Crippen molar-refractivity contribution >= 4 is 44.4 Å². The van der Waals surface area contributed by atoms with Gasteiger partial charge in [0, 0.05) is 17.3 Å². The summed E-state index contributed by atoms with van der Waals surface area (Å²) in [6.07, 6.45) is 3.80. The Morgan fingerprint density at radius 2 is 1.81 bits per heavy atom. The number of rotatable bonds is 8. The number of hydrogen-bond acceptors (Lipinski definition) is 6. The van der Waals surface area contributed by atoms with Crippen LogP contribution in [0.5, 0.6) is 5.75 Å². The van der Waals surface area contributed by atoms with Crippen molar-refractivity contribution in [2.75, 3.05) is 17.8 Å². The molecule has 0 bridgehead atoms. The number of carbonyl (C=O) groups excluding carboxylic acids is 1. The van der Waals surface area contributed by atoms with E-state index in [1.165, 1.54) is 16.2 Å². The molecule has 0 spiro atoms. The third-order valence-electron chi connectivity index (χ3n) is 5.12. The van der Waals surface area contributed by atoms with Gasteiger partial charge in [-0.3, -0.25) is 14.7 Å². The van der Waals surface area contributed by atoms with Crippen molar-refractivity contribution in [1.82, 2.24) is 9.97 Å². The van der Waals surface area contributed by atoms with Gasteiger partial charge in [-0.05, 0) is 59.7 Å². The topological polar surface area (TPSA) is 55.3 Å². The second-order valence-electron chi connectivity index (χ2n) is 7.35. The molecule has 0 unspecified atom stereocenters. The summed E-state index contributed by atoms with van der Waals surface area (Å²) >= 11 is 3.32. The summed E-state index contributed by atoms with van der Waals surface area (Å²) in [6, 6.07) is 16.0. The van der Waals surface area contributed by atoms with E-state index in [-0.39, 0.29) is 5.91 Å². The number of thioether (sulfide) groups is 1. The maximum Gasteiger partial charge on any atom is 0.233 e. The van der Waals surface area contributed by atoms with Gasteiger partial charge in [0.2, 0.25) is 5.91 Å². The van der Waals surface area contributed by atoms with Crippen LogP contribution < -0.4 is 9.64 Å². The van der Waals surface area contributed by atoms with E-state index in [0.717, 1.165) is 32.7 Å². The Balaban J connectivity index is 1.68. The van der Waals surface area contributed by atoms with Crippen LogP contribution in [-0.2, 0) is 17.8 Å². The zero-order valence-electron chi connectivity index (χ0n) is 18.4.